The number of likely N-dealkylation sites (tertiary alicyclic amines) is 1. The summed E-state index contributed by atoms with van der Waals surface area (Å²) in [5, 5.41) is 2.59. The molecule has 1 fully saturated rings. The molecule has 1 saturated heterocycles. The number of amides is 2. The minimum absolute atomic E-state index is 0.00819. The van der Waals surface area contributed by atoms with E-state index in [1.807, 2.05) is 0 Å². The molecule has 0 aromatic rings. The van der Waals surface area contributed by atoms with Crippen LogP contribution in [0, 0.1) is 0 Å². The Kier molecular flexibility index (Phi) is 4.39. The molecular weight excluding hydrogens is 196 g/mol. The van der Waals surface area contributed by atoms with Crippen molar-refractivity contribution in [1.82, 2.24) is 10.2 Å². The van der Waals surface area contributed by atoms with E-state index in [1.165, 1.54) is 7.11 Å². The molecule has 0 radical (unpaired) electrons. The van der Waals surface area contributed by atoms with E-state index in [4.69, 9.17) is 0 Å². The Labute approximate surface area is 89.8 Å². The number of hydrogen-bond acceptors (Lipinski definition) is 3. The van der Waals surface area contributed by atoms with Crippen LogP contribution in [-0.4, -0.2) is 43.6 Å². The molecule has 0 bridgehead atoms. The molecule has 0 spiro atoms. The largest absolute Gasteiger partial charge is 0.469 e. The summed E-state index contributed by atoms with van der Waals surface area (Å²) in [6, 6.07) is -0.116. The van der Waals surface area contributed by atoms with Crippen molar-refractivity contribution in [2.75, 3.05) is 20.7 Å². The molecule has 2 amide bonds. The van der Waals surface area contributed by atoms with Crippen LogP contribution in [0.1, 0.15) is 25.7 Å². The molecule has 0 aromatic heterocycles. The quantitative estimate of drug-likeness (QED) is 0.690. The van der Waals surface area contributed by atoms with Gasteiger partial charge in [-0.15, -0.1) is 0 Å². The van der Waals surface area contributed by atoms with Crippen molar-refractivity contribution in [3.63, 3.8) is 0 Å². The Hall–Kier alpha value is -1.26. The van der Waals surface area contributed by atoms with E-state index < -0.39 is 0 Å². The van der Waals surface area contributed by atoms with Crippen molar-refractivity contribution in [2.24, 2.45) is 0 Å². The van der Waals surface area contributed by atoms with Gasteiger partial charge in [-0.3, -0.25) is 4.79 Å². The topological polar surface area (TPSA) is 58.6 Å². The van der Waals surface area contributed by atoms with Gasteiger partial charge in [0.25, 0.3) is 0 Å². The number of ether oxygens (including phenoxy) is 1. The average Bonchev–Trinajstić information content (AvgIpc) is 2.28. The second-order valence-electron chi connectivity index (χ2n) is 3.68. The fourth-order valence-corrected chi connectivity index (χ4v) is 1.90. The highest BCUT2D eigenvalue weighted by molar-refractivity contribution is 5.76. The molecule has 1 atom stereocenters. The zero-order valence-electron chi connectivity index (χ0n) is 9.28. The lowest BCUT2D eigenvalue weighted by Gasteiger charge is -2.34. The molecule has 1 rings (SSSR count). The average molecular weight is 214 g/mol. The number of piperidine rings is 1. The predicted octanol–water partition coefficient (Wildman–Crippen LogP) is 0.743. The van der Waals surface area contributed by atoms with Gasteiger partial charge in [-0.25, -0.2) is 4.79 Å². The summed E-state index contributed by atoms with van der Waals surface area (Å²) in [6.07, 6.45) is 3.24. The maximum Gasteiger partial charge on any atom is 0.317 e. The van der Waals surface area contributed by atoms with Crippen molar-refractivity contribution in [3.05, 3.63) is 0 Å². The molecule has 1 aliphatic rings. The SMILES string of the molecule is CNC(=O)N1CCCCC1CC(=O)OC. The molecular formula is C10H18N2O3. The van der Waals surface area contributed by atoms with Crippen LogP contribution in [0.25, 0.3) is 0 Å². The predicted molar refractivity (Wildman–Crippen MR) is 55.4 cm³/mol. The molecule has 0 saturated carbocycles. The summed E-state index contributed by atoms with van der Waals surface area (Å²) >= 11 is 0. The van der Waals surface area contributed by atoms with Crippen molar-refractivity contribution in [3.8, 4) is 0 Å². The van der Waals surface area contributed by atoms with Gasteiger partial charge < -0.3 is 15.0 Å². The fourth-order valence-electron chi connectivity index (χ4n) is 1.90. The first-order chi connectivity index (χ1) is 7.19. The number of carbonyl (C=O) groups excluding carboxylic acids is 2. The van der Waals surface area contributed by atoms with Gasteiger partial charge in [0.1, 0.15) is 0 Å². The third-order valence-electron chi connectivity index (χ3n) is 2.73. The van der Waals surface area contributed by atoms with Gasteiger partial charge in [0.2, 0.25) is 0 Å². The van der Waals surface area contributed by atoms with Crippen LogP contribution < -0.4 is 5.32 Å². The number of nitrogens with one attached hydrogen (secondary N) is 1. The van der Waals surface area contributed by atoms with Gasteiger partial charge in [-0.05, 0) is 19.3 Å². The summed E-state index contributed by atoms with van der Waals surface area (Å²) in [5.74, 6) is -0.254. The standard InChI is InChI=1S/C10H18N2O3/c1-11-10(14)12-6-4-3-5-8(12)7-9(13)15-2/h8H,3-7H2,1-2H3,(H,11,14). The molecule has 86 valence electrons. The van der Waals surface area contributed by atoms with Gasteiger partial charge in [0, 0.05) is 19.6 Å². The lowest BCUT2D eigenvalue weighted by molar-refractivity contribution is -0.142. The maximum atomic E-state index is 11.5. The first-order valence-electron chi connectivity index (χ1n) is 5.24. The molecule has 1 aliphatic heterocycles. The van der Waals surface area contributed by atoms with Crippen LogP contribution in [0.4, 0.5) is 4.79 Å². The second kappa shape index (κ2) is 5.58. The Balaban J connectivity index is 2.57. The van der Waals surface area contributed by atoms with E-state index in [1.54, 1.807) is 11.9 Å². The number of methoxy groups -OCH3 is 1. The zero-order valence-corrected chi connectivity index (χ0v) is 9.28. The van der Waals surface area contributed by atoms with Gasteiger partial charge in [0.05, 0.1) is 13.5 Å². The van der Waals surface area contributed by atoms with Crippen molar-refractivity contribution >= 4 is 12.0 Å². The molecule has 5 heteroatoms. The smallest absolute Gasteiger partial charge is 0.317 e. The second-order valence-corrected chi connectivity index (χ2v) is 3.68. The lowest BCUT2D eigenvalue weighted by atomic mass is 10.00. The van der Waals surface area contributed by atoms with Crippen LogP contribution >= 0.6 is 0 Å². The Morgan fingerprint density at radius 2 is 2.20 bits per heavy atom. The summed E-state index contributed by atoms with van der Waals surface area (Å²) in [7, 11) is 2.97. The normalized spacial score (nSPS) is 20.9. The van der Waals surface area contributed by atoms with E-state index in [2.05, 4.69) is 10.1 Å². The number of rotatable bonds is 2. The van der Waals surface area contributed by atoms with Crippen LogP contribution in [0.5, 0.6) is 0 Å². The molecule has 15 heavy (non-hydrogen) atoms. The molecule has 0 aliphatic carbocycles. The first kappa shape index (κ1) is 11.8. The van der Waals surface area contributed by atoms with Crippen molar-refractivity contribution in [1.29, 1.82) is 0 Å². The number of hydrogen-bond donors (Lipinski definition) is 1. The monoisotopic (exact) mass is 214 g/mol. The first-order valence-corrected chi connectivity index (χ1v) is 5.24. The highest BCUT2D eigenvalue weighted by Gasteiger charge is 2.27. The van der Waals surface area contributed by atoms with Crippen LogP contribution in [0.2, 0.25) is 0 Å². The maximum absolute atomic E-state index is 11.5. The molecule has 1 heterocycles. The number of esters is 1. The van der Waals surface area contributed by atoms with E-state index in [9.17, 15) is 9.59 Å². The molecule has 1 N–H and O–H groups in total. The third-order valence-corrected chi connectivity index (χ3v) is 2.73. The summed E-state index contributed by atoms with van der Waals surface area (Å²) in [4.78, 5) is 24.4. The van der Waals surface area contributed by atoms with Gasteiger partial charge in [-0.2, -0.15) is 0 Å². The van der Waals surface area contributed by atoms with Gasteiger partial charge in [0.15, 0.2) is 0 Å². The van der Waals surface area contributed by atoms with Gasteiger partial charge in [-0.1, -0.05) is 0 Å². The van der Waals surface area contributed by atoms with Crippen LogP contribution in [-0.2, 0) is 9.53 Å². The zero-order chi connectivity index (χ0) is 11.3. The number of nitrogens with zero attached hydrogens (tertiary/aromatic N) is 1. The summed E-state index contributed by atoms with van der Waals surface area (Å²) in [5.41, 5.74) is 0. The highest BCUT2D eigenvalue weighted by Crippen LogP contribution is 2.19. The summed E-state index contributed by atoms with van der Waals surface area (Å²) in [6.45, 7) is 0.724. The van der Waals surface area contributed by atoms with Crippen LogP contribution in [0.15, 0.2) is 0 Å². The van der Waals surface area contributed by atoms with E-state index in [0.29, 0.717) is 6.42 Å². The summed E-state index contributed by atoms with van der Waals surface area (Å²) < 4.78 is 4.62. The minimum atomic E-state index is -0.254. The Bertz CT molecular complexity index is 243. The van der Waals surface area contributed by atoms with E-state index in [-0.39, 0.29) is 18.0 Å². The molecule has 1 unspecified atom stereocenters. The number of carbonyl (C=O) groups is 2. The van der Waals surface area contributed by atoms with Crippen molar-refractivity contribution in [2.45, 2.75) is 31.7 Å². The van der Waals surface area contributed by atoms with Gasteiger partial charge >= 0.3 is 12.0 Å². The highest BCUT2D eigenvalue weighted by atomic mass is 16.5. The third kappa shape index (κ3) is 3.11. The van der Waals surface area contributed by atoms with E-state index in [0.717, 1.165) is 25.8 Å². The van der Waals surface area contributed by atoms with E-state index >= 15 is 0 Å². The minimum Gasteiger partial charge on any atom is -0.469 e. The molecule has 5 nitrogen and oxygen atoms in total. The lowest BCUT2D eigenvalue weighted by Crippen LogP contribution is -2.48. The van der Waals surface area contributed by atoms with Crippen molar-refractivity contribution < 1.29 is 14.3 Å². The number of urea groups is 1. The Morgan fingerprint density at radius 3 is 2.80 bits per heavy atom. The molecule has 0 aromatic carbocycles. The van der Waals surface area contributed by atoms with Crippen LogP contribution in [0.3, 0.4) is 0 Å². The Morgan fingerprint density at radius 1 is 1.47 bits per heavy atom. The fraction of sp³-hybridized carbons (Fsp3) is 0.800.